The van der Waals surface area contributed by atoms with Crippen molar-refractivity contribution in [1.82, 2.24) is 41.8 Å². The van der Waals surface area contributed by atoms with Crippen LogP contribution in [0.2, 0.25) is 0 Å². The van der Waals surface area contributed by atoms with E-state index >= 15 is 0 Å². The molecule has 0 radical (unpaired) electrons. The van der Waals surface area contributed by atoms with Crippen LogP contribution in [0.4, 0.5) is 0 Å². The lowest BCUT2D eigenvalue weighted by Gasteiger charge is -2.34. The fourth-order valence-electron chi connectivity index (χ4n) is 8.25. The number of aromatic amines is 1. The lowest BCUT2D eigenvalue weighted by atomic mass is 10.0. The summed E-state index contributed by atoms with van der Waals surface area (Å²) in [5, 5.41) is 47.9. The minimum absolute atomic E-state index is 0.00270. The minimum atomic E-state index is -1.67. The number of phenols is 1. The molecule has 1 aromatic heterocycles. The lowest BCUT2D eigenvalue weighted by molar-refractivity contribution is -0.146. The highest BCUT2D eigenvalue weighted by Crippen LogP contribution is 2.25. The molecule has 3 aromatic carbocycles. The van der Waals surface area contributed by atoms with Crippen molar-refractivity contribution in [2.24, 2.45) is 17.2 Å². The maximum Gasteiger partial charge on any atom is 0.246 e. The Morgan fingerprint density at radius 1 is 0.770 bits per heavy atom. The van der Waals surface area contributed by atoms with Crippen LogP contribution >= 0.6 is 21.6 Å². The van der Waals surface area contributed by atoms with Gasteiger partial charge in [0.2, 0.25) is 47.3 Å². The van der Waals surface area contributed by atoms with Gasteiger partial charge in [-0.25, -0.2) is 0 Å². The zero-order valence-corrected chi connectivity index (χ0v) is 43.0. The van der Waals surface area contributed by atoms with E-state index in [4.69, 9.17) is 17.2 Å². The molecule has 8 amide bonds. The lowest BCUT2D eigenvalue weighted by Crippen LogP contribution is -2.63. The van der Waals surface area contributed by atoms with Crippen LogP contribution in [0.5, 0.6) is 5.75 Å². The summed E-state index contributed by atoms with van der Waals surface area (Å²) in [6.45, 7) is 2.72. The third kappa shape index (κ3) is 16.7. The summed E-state index contributed by atoms with van der Waals surface area (Å²) in [7, 11) is 3.18. The molecule has 5 rings (SSSR count). The third-order valence-electron chi connectivity index (χ3n) is 12.3. The largest absolute Gasteiger partial charge is 0.508 e. The molecule has 0 unspecified atom stereocenters. The third-order valence-corrected chi connectivity index (χ3v) is 14.8. The number of H-pyrrole nitrogens is 1. The summed E-state index contributed by atoms with van der Waals surface area (Å²) < 4.78 is 0. The van der Waals surface area contributed by atoms with Crippen molar-refractivity contribution >= 4 is 79.7 Å². The van der Waals surface area contributed by atoms with Crippen LogP contribution in [0.25, 0.3) is 10.9 Å². The number of aromatic hydroxyl groups is 1. The molecule has 0 aliphatic carbocycles. The number of unbranched alkanes of at least 4 members (excludes halogenated alkanes) is 1. The molecule has 4 aromatic rings. The van der Waals surface area contributed by atoms with Crippen LogP contribution in [0, 0.1) is 0 Å². The van der Waals surface area contributed by atoms with Gasteiger partial charge in [-0.05, 0) is 81.0 Å². The first-order valence-corrected chi connectivity index (χ1v) is 26.6. The first-order valence-electron chi connectivity index (χ1n) is 24.1. The van der Waals surface area contributed by atoms with Gasteiger partial charge in [-0.15, -0.1) is 0 Å². The van der Waals surface area contributed by atoms with Crippen molar-refractivity contribution in [2.75, 3.05) is 25.1 Å². The SMILES string of the molecule is C[C@@H](O)[C@H](NC(=O)[C@@H]1CSSC[C@@H](NC(=O)[C@H](N)Cc2ccc(O)cc2)C(=O)N[C@@H](Cc2ccccc2)C(=O)N[C@@H](Cc2c[nH]c3ccccc23)C(=O)N[C@@H](CCCCN)C(=O)N(C)[C@@H]([C@@H](C)O)C(=O)N1)C(N)=O. The van der Waals surface area contributed by atoms with E-state index in [-0.39, 0.29) is 49.5 Å². The molecule has 24 heteroatoms. The van der Waals surface area contributed by atoms with Crippen LogP contribution in [-0.2, 0) is 57.6 Å². The Balaban J connectivity index is 1.59. The van der Waals surface area contributed by atoms with Crippen LogP contribution in [-0.4, -0.2) is 158 Å². The van der Waals surface area contributed by atoms with E-state index in [9.17, 15) is 53.7 Å². The van der Waals surface area contributed by atoms with Gasteiger partial charge in [0.25, 0.3) is 0 Å². The zero-order valence-electron chi connectivity index (χ0n) is 41.3. The van der Waals surface area contributed by atoms with E-state index in [1.807, 2.05) is 24.3 Å². The molecule has 2 heterocycles. The number of hydrogen-bond acceptors (Lipinski definition) is 15. The van der Waals surface area contributed by atoms with Crippen molar-refractivity contribution < 1.29 is 53.7 Å². The number of aliphatic hydroxyl groups is 2. The standard InChI is InChI=1S/C50H67N11O11S2/c1-27(62)41(43(53)65)60-48(70)40-26-74-73-25-39(58-44(66)34(52)21-30-16-18-32(64)19-17-30)47(69)56-37(22-29-11-5-4-6-12-29)45(67)57-38(23-31-24-54-35-14-8-7-13-33(31)35)46(68)55-36(15-9-10-20-51)50(72)61(3)42(28(2)63)49(71)59-40/h4-8,11-14,16-19,24,27-28,34,36-42,54,62-64H,9-10,15,20-23,25-26,51-52H2,1-3H3,(H2,53,65)(H,55,68)(H,56,69)(H,57,67)(H,58,66)(H,59,71)(H,60,70)/t27-,28-,34-,36+,37+,38+,39-,40+,41+,42+/m1/s1. The van der Waals surface area contributed by atoms with Gasteiger partial charge < -0.3 is 74.3 Å². The normalized spacial score (nSPS) is 22.5. The van der Waals surface area contributed by atoms with E-state index in [0.717, 1.165) is 37.4 Å². The molecule has 0 saturated carbocycles. The molecule has 1 aliphatic heterocycles. The molecule has 400 valence electrons. The summed E-state index contributed by atoms with van der Waals surface area (Å²) in [5.41, 5.74) is 20.2. The number of phenolic OH excluding ortho intramolecular Hbond substituents is 1. The number of benzene rings is 3. The first-order chi connectivity index (χ1) is 35.3. The molecule has 0 spiro atoms. The highest BCUT2D eigenvalue weighted by atomic mass is 33.1. The maximum atomic E-state index is 14.8. The van der Waals surface area contributed by atoms with Crippen molar-refractivity contribution in [1.29, 1.82) is 0 Å². The average molecular weight is 1060 g/mol. The Morgan fingerprint density at radius 2 is 1.39 bits per heavy atom. The molecule has 10 atom stereocenters. The Labute approximate surface area is 436 Å². The molecule has 22 nitrogen and oxygen atoms in total. The number of aromatic nitrogens is 1. The van der Waals surface area contributed by atoms with E-state index in [0.29, 0.717) is 29.5 Å². The van der Waals surface area contributed by atoms with E-state index in [1.54, 1.807) is 48.7 Å². The van der Waals surface area contributed by atoms with E-state index in [1.165, 1.54) is 33.0 Å². The van der Waals surface area contributed by atoms with Gasteiger partial charge in [0.1, 0.15) is 48.0 Å². The first kappa shape index (κ1) is 58.2. The second kappa shape index (κ2) is 28.1. The maximum absolute atomic E-state index is 14.8. The zero-order chi connectivity index (χ0) is 54.1. The minimum Gasteiger partial charge on any atom is -0.508 e. The number of carbonyl (C=O) groups is 8. The molecule has 74 heavy (non-hydrogen) atoms. The monoisotopic (exact) mass is 1060 g/mol. The molecule has 1 fully saturated rings. The van der Waals surface area contributed by atoms with Crippen molar-refractivity contribution in [3.8, 4) is 5.75 Å². The summed E-state index contributed by atoms with van der Waals surface area (Å²) in [4.78, 5) is 117. The number of aliphatic hydroxyl groups excluding tert-OH is 2. The van der Waals surface area contributed by atoms with Gasteiger partial charge >= 0.3 is 0 Å². The Morgan fingerprint density at radius 3 is 2.04 bits per heavy atom. The number of likely N-dealkylation sites (N-methyl/N-ethyl adjacent to an activating group) is 1. The summed E-state index contributed by atoms with van der Waals surface area (Å²) >= 11 is 0. The number of para-hydroxylation sites is 1. The number of hydrogen-bond donors (Lipinski definition) is 13. The number of nitrogens with one attached hydrogen (secondary N) is 7. The molecule has 1 aliphatic rings. The van der Waals surface area contributed by atoms with Crippen LogP contribution in [0.15, 0.2) is 85.1 Å². The second-order valence-electron chi connectivity index (χ2n) is 18.2. The number of amides is 8. The number of carbonyl (C=O) groups excluding carboxylic acids is 8. The number of nitrogens with zero attached hydrogens (tertiary/aromatic N) is 1. The fraction of sp³-hybridized carbons (Fsp3) is 0.440. The van der Waals surface area contributed by atoms with E-state index < -0.39 is 108 Å². The highest BCUT2D eigenvalue weighted by molar-refractivity contribution is 8.76. The van der Waals surface area contributed by atoms with Crippen LogP contribution < -0.4 is 49.1 Å². The number of fused-ring (bicyclic) bond motifs is 1. The topological polar surface area (TPSA) is 367 Å². The van der Waals surface area contributed by atoms with Crippen LogP contribution in [0.1, 0.15) is 49.8 Å². The van der Waals surface area contributed by atoms with Gasteiger partial charge in [0.05, 0.1) is 18.2 Å². The molecule has 0 bridgehead atoms. The van der Waals surface area contributed by atoms with Crippen molar-refractivity contribution in [3.63, 3.8) is 0 Å². The van der Waals surface area contributed by atoms with E-state index in [2.05, 4.69) is 36.9 Å². The van der Waals surface area contributed by atoms with Gasteiger partial charge in [-0.2, -0.15) is 0 Å². The van der Waals surface area contributed by atoms with Gasteiger partial charge in [0, 0.05) is 48.5 Å². The molecule has 16 N–H and O–H groups in total. The van der Waals surface area contributed by atoms with Gasteiger partial charge in [-0.3, -0.25) is 38.4 Å². The number of primary amides is 1. The molecular weight excluding hydrogens is 995 g/mol. The predicted molar refractivity (Wildman–Crippen MR) is 280 cm³/mol. The fourth-order valence-corrected chi connectivity index (χ4v) is 10.6. The molecular formula is C50H67N11O11S2. The number of rotatable bonds is 17. The summed E-state index contributed by atoms with van der Waals surface area (Å²) in [5.74, 6) is -7.58. The highest BCUT2D eigenvalue weighted by Gasteiger charge is 2.39. The summed E-state index contributed by atoms with van der Waals surface area (Å²) in [6, 6.07) is 10.6. The summed E-state index contributed by atoms with van der Waals surface area (Å²) in [6.07, 6.45) is -0.722. The van der Waals surface area contributed by atoms with Crippen molar-refractivity contribution in [3.05, 3.63) is 102 Å². The quantitative estimate of drug-likeness (QED) is 0.0434. The average Bonchev–Trinajstić information content (AvgIpc) is 3.77. The Bertz CT molecular complexity index is 2570. The Hall–Kier alpha value is -6.70. The smallest absolute Gasteiger partial charge is 0.246 e. The molecule has 1 saturated heterocycles. The number of nitrogens with two attached hydrogens (primary N) is 3. The van der Waals surface area contributed by atoms with Gasteiger partial charge in [0.15, 0.2) is 0 Å². The Kier molecular flexibility index (Phi) is 22.1. The predicted octanol–water partition coefficient (Wildman–Crippen LogP) is -1.26. The van der Waals surface area contributed by atoms with Crippen molar-refractivity contribution in [2.45, 2.75) is 113 Å². The second-order valence-corrected chi connectivity index (χ2v) is 20.7. The van der Waals surface area contributed by atoms with Crippen LogP contribution in [0.3, 0.4) is 0 Å². The van der Waals surface area contributed by atoms with Gasteiger partial charge in [-0.1, -0.05) is 82.3 Å².